The van der Waals surface area contributed by atoms with E-state index in [1.54, 1.807) is 23.1 Å². The molecular weight excluding hydrogens is 404 g/mol. The van der Waals surface area contributed by atoms with Gasteiger partial charge in [-0.15, -0.1) is 0 Å². The Bertz CT molecular complexity index is 1020. The van der Waals surface area contributed by atoms with Crippen molar-refractivity contribution in [2.45, 2.75) is 44.8 Å². The highest BCUT2D eigenvalue weighted by atomic mass is 16.3. The van der Waals surface area contributed by atoms with Gasteiger partial charge in [0.2, 0.25) is 5.91 Å². The van der Waals surface area contributed by atoms with E-state index in [1.165, 1.54) is 0 Å². The normalized spacial score (nSPS) is 22.0. The van der Waals surface area contributed by atoms with Gasteiger partial charge in [-0.05, 0) is 43.0 Å². The van der Waals surface area contributed by atoms with Crippen LogP contribution in [0, 0.1) is 5.92 Å². The van der Waals surface area contributed by atoms with Gasteiger partial charge in [-0.25, -0.2) is 0 Å². The van der Waals surface area contributed by atoms with Gasteiger partial charge in [0.1, 0.15) is 0 Å². The predicted octanol–water partition coefficient (Wildman–Crippen LogP) is 3.51. The van der Waals surface area contributed by atoms with Gasteiger partial charge in [-0.3, -0.25) is 9.59 Å². The molecule has 4 rings (SSSR count). The maximum Gasteiger partial charge on any atom is 0.264 e. The molecule has 0 aliphatic carbocycles. The summed E-state index contributed by atoms with van der Waals surface area (Å²) in [6.45, 7) is 2.91. The van der Waals surface area contributed by atoms with Crippen LogP contribution in [-0.4, -0.2) is 35.2 Å². The van der Waals surface area contributed by atoms with E-state index in [4.69, 9.17) is 5.11 Å². The third-order valence-corrected chi connectivity index (χ3v) is 6.47. The maximum atomic E-state index is 13.5. The number of anilines is 2. The third kappa shape index (κ3) is 3.96. The second-order valence-electron chi connectivity index (χ2n) is 8.57. The van der Waals surface area contributed by atoms with E-state index in [1.807, 2.05) is 54.3 Å². The Kier molecular flexibility index (Phi) is 6.44. The van der Waals surface area contributed by atoms with E-state index in [9.17, 15) is 14.7 Å². The molecule has 0 unspecified atom stereocenters. The molecule has 0 bridgehead atoms. The number of para-hydroxylation sites is 1. The molecule has 2 heterocycles. The number of rotatable bonds is 7. The third-order valence-electron chi connectivity index (χ3n) is 6.47. The van der Waals surface area contributed by atoms with Crippen molar-refractivity contribution in [3.8, 4) is 0 Å². The number of carbonyl (C=O) groups is 2. The molecule has 1 fully saturated rings. The van der Waals surface area contributed by atoms with Crippen molar-refractivity contribution >= 4 is 23.2 Å². The van der Waals surface area contributed by atoms with Crippen molar-refractivity contribution < 1.29 is 19.8 Å². The number of amides is 2. The number of carbonyl (C=O) groups excluding carboxylic acids is 2. The fourth-order valence-corrected chi connectivity index (χ4v) is 4.62. The Hall–Kier alpha value is -2.96. The summed E-state index contributed by atoms with van der Waals surface area (Å²) in [5.74, 6) is -0.642. The Morgan fingerprint density at radius 2 is 1.84 bits per heavy atom. The van der Waals surface area contributed by atoms with Crippen LogP contribution in [0.25, 0.3) is 0 Å². The zero-order valence-electron chi connectivity index (χ0n) is 18.4. The van der Waals surface area contributed by atoms with Gasteiger partial charge < -0.3 is 20.0 Å². The summed E-state index contributed by atoms with van der Waals surface area (Å²) in [7, 11) is 0. The minimum Gasteiger partial charge on any atom is -0.396 e. The number of fused-ring (bicyclic) bond motifs is 1. The number of aliphatic hydroxyl groups excluding tert-OH is 1. The van der Waals surface area contributed by atoms with E-state index in [-0.39, 0.29) is 18.4 Å². The van der Waals surface area contributed by atoms with Crippen LogP contribution >= 0.6 is 0 Å². The van der Waals surface area contributed by atoms with Crippen molar-refractivity contribution in [2.24, 2.45) is 5.92 Å². The van der Waals surface area contributed by atoms with Crippen LogP contribution in [0.4, 0.5) is 11.4 Å². The van der Waals surface area contributed by atoms with Crippen LogP contribution in [0.3, 0.4) is 0 Å². The molecule has 168 valence electrons. The Labute approximate surface area is 188 Å². The van der Waals surface area contributed by atoms with Gasteiger partial charge in [0, 0.05) is 36.7 Å². The van der Waals surface area contributed by atoms with Crippen LogP contribution in [-0.2, 0) is 21.7 Å². The lowest BCUT2D eigenvalue weighted by Gasteiger charge is -2.28. The first-order valence-electron chi connectivity index (χ1n) is 11.3. The monoisotopic (exact) mass is 434 g/mol. The molecule has 32 heavy (non-hydrogen) atoms. The molecule has 2 N–H and O–H groups in total. The zero-order valence-corrected chi connectivity index (χ0v) is 18.4. The SMILES string of the molecule is C[C@H](/C=C/CCO)[C@@]1(O)C(=O)N(Cc2ccc(N3CCCCC3=O)cc2)c2ccccc21. The summed E-state index contributed by atoms with van der Waals surface area (Å²) in [6, 6.07) is 15.1. The molecule has 0 saturated carbocycles. The average molecular weight is 435 g/mol. The molecular formula is C26H30N2O4. The molecule has 2 aliphatic rings. The first-order chi connectivity index (χ1) is 15.5. The lowest BCUT2D eigenvalue weighted by atomic mass is 9.83. The summed E-state index contributed by atoms with van der Waals surface area (Å²) >= 11 is 0. The number of benzene rings is 2. The Morgan fingerprint density at radius 1 is 1.09 bits per heavy atom. The fraction of sp³-hybridized carbons (Fsp3) is 0.385. The van der Waals surface area contributed by atoms with E-state index in [0.717, 1.165) is 30.6 Å². The van der Waals surface area contributed by atoms with E-state index < -0.39 is 11.5 Å². The molecule has 1 saturated heterocycles. The van der Waals surface area contributed by atoms with E-state index in [0.29, 0.717) is 30.6 Å². The van der Waals surface area contributed by atoms with Crippen molar-refractivity contribution in [1.82, 2.24) is 0 Å². The molecule has 2 aliphatic heterocycles. The molecule has 0 radical (unpaired) electrons. The smallest absolute Gasteiger partial charge is 0.264 e. The van der Waals surface area contributed by atoms with Gasteiger partial charge >= 0.3 is 0 Å². The van der Waals surface area contributed by atoms with Gasteiger partial charge in [0.05, 0.1) is 12.2 Å². The highest BCUT2D eigenvalue weighted by Crippen LogP contribution is 2.45. The van der Waals surface area contributed by atoms with Crippen LogP contribution in [0.15, 0.2) is 60.7 Å². The molecule has 0 aromatic heterocycles. The summed E-state index contributed by atoms with van der Waals surface area (Å²) in [6.07, 6.45) is 6.60. The van der Waals surface area contributed by atoms with Crippen molar-refractivity contribution in [3.63, 3.8) is 0 Å². The first-order valence-corrected chi connectivity index (χ1v) is 11.3. The topological polar surface area (TPSA) is 81.1 Å². The quantitative estimate of drug-likeness (QED) is 0.654. The minimum atomic E-state index is -1.65. The number of piperidine rings is 1. The predicted molar refractivity (Wildman–Crippen MR) is 124 cm³/mol. The summed E-state index contributed by atoms with van der Waals surface area (Å²) in [5, 5.41) is 20.6. The van der Waals surface area contributed by atoms with Gasteiger partial charge in [0.15, 0.2) is 5.60 Å². The molecule has 6 nitrogen and oxygen atoms in total. The van der Waals surface area contributed by atoms with Crippen molar-refractivity contribution in [2.75, 3.05) is 23.0 Å². The van der Waals surface area contributed by atoms with Gasteiger partial charge in [-0.2, -0.15) is 0 Å². The fourth-order valence-electron chi connectivity index (χ4n) is 4.62. The number of hydrogen-bond acceptors (Lipinski definition) is 4. The largest absolute Gasteiger partial charge is 0.396 e. The maximum absolute atomic E-state index is 13.5. The van der Waals surface area contributed by atoms with Crippen LogP contribution < -0.4 is 9.80 Å². The van der Waals surface area contributed by atoms with Crippen LogP contribution in [0.2, 0.25) is 0 Å². The lowest BCUT2D eigenvalue weighted by molar-refractivity contribution is -0.139. The number of aliphatic hydroxyl groups is 2. The highest BCUT2D eigenvalue weighted by Gasteiger charge is 2.52. The number of hydrogen-bond donors (Lipinski definition) is 2. The van der Waals surface area contributed by atoms with E-state index >= 15 is 0 Å². The molecule has 2 aromatic rings. The average Bonchev–Trinajstić information content (AvgIpc) is 3.03. The molecule has 2 aromatic carbocycles. The van der Waals surface area contributed by atoms with E-state index in [2.05, 4.69) is 0 Å². The lowest BCUT2D eigenvalue weighted by Crippen LogP contribution is -2.44. The zero-order chi connectivity index (χ0) is 22.7. The highest BCUT2D eigenvalue weighted by molar-refractivity contribution is 6.07. The summed E-state index contributed by atoms with van der Waals surface area (Å²) in [4.78, 5) is 29.1. The van der Waals surface area contributed by atoms with Gasteiger partial charge in [-0.1, -0.05) is 49.4 Å². The van der Waals surface area contributed by atoms with Gasteiger partial charge in [0.25, 0.3) is 5.91 Å². The van der Waals surface area contributed by atoms with Crippen LogP contribution in [0.5, 0.6) is 0 Å². The first kappa shape index (κ1) is 22.2. The summed E-state index contributed by atoms with van der Waals surface area (Å²) in [5.41, 5.74) is 1.46. The Morgan fingerprint density at radius 3 is 2.56 bits per heavy atom. The molecule has 0 spiro atoms. The molecule has 2 amide bonds. The second-order valence-corrected chi connectivity index (χ2v) is 8.57. The number of nitrogens with zero attached hydrogens (tertiary/aromatic N) is 2. The summed E-state index contributed by atoms with van der Waals surface area (Å²) < 4.78 is 0. The standard InChI is InChI=1S/C26H30N2O4/c1-19(8-5-7-17-29)26(32)22-9-2-3-10-23(22)28(25(26)31)18-20-12-14-21(15-13-20)27-16-6-4-11-24(27)30/h2-3,5,8-10,12-15,19,29,32H,4,6-7,11,16-18H2,1H3/b8-5+/t19-,26+/m1/s1. The van der Waals surface area contributed by atoms with Crippen molar-refractivity contribution in [1.29, 1.82) is 0 Å². The Balaban J connectivity index is 1.58. The molecule has 6 heteroatoms. The van der Waals surface area contributed by atoms with Crippen LogP contribution in [0.1, 0.15) is 43.7 Å². The van der Waals surface area contributed by atoms with Crippen molar-refractivity contribution in [3.05, 3.63) is 71.8 Å². The minimum absolute atomic E-state index is 0.0251. The molecule has 2 atom stereocenters. The second kappa shape index (κ2) is 9.27.